The van der Waals surface area contributed by atoms with Gasteiger partial charge in [-0.15, -0.1) is 0 Å². The number of methoxy groups -OCH3 is 1. The average molecular weight is 493 g/mol. The van der Waals surface area contributed by atoms with E-state index in [0.29, 0.717) is 29.8 Å². The van der Waals surface area contributed by atoms with E-state index in [-0.39, 0.29) is 23.8 Å². The summed E-state index contributed by atoms with van der Waals surface area (Å²) in [5, 5.41) is 21.0. The van der Waals surface area contributed by atoms with Crippen molar-refractivity contribution in [3.05, 3.63) is 41.1 Å². The maximum Gasteiger partial charge on any atom is 0.404 e. The number of rotatable bonds is 11. The van der Waals surface area contributed by atoms with Crippen molar-refractivity contribution in [3.8, 4) is 0 Å². The highest BCUT2D eigenvalue weighted by atomic mass is 32.2. The van der Waals surface area contributed by atoms with Crippen LogP contribution in [0.15, 0.2) is 29.2 Å². The molecule has 2 amide bonds. The van der Waals surface area contributed by atoms with Crippen LogP contribution in [0.5, 0.6) is 0 Å². The second kappa shape index (κ2) is 11.5. The predicted molar refractivity (Wildman–Crippen MR) is 127 cm³/mol. The minimum atomic E-state index is -3.51. The van der Waals surface area contributed by atoms with E-state index in [9.17, 15) is 18.0 Å². The monoisotopic (exact) mass is 492 g/mol. The second-order valence-electron chi connectivity index (χ2n) is 8.83. The highest BCUT2D eigenvalue weighted by Gasteiger charge is 2.27. The van der Waals surface area contributed by atoms with Gasteiger partial charge in [-0.1, -0.05) is 12.1 Å². The van der Waals surface area contributed by atoms with Crippen LogP contribution in [0.2, 0.25) is 0 Å². The number of aromatic nitrogens is 2. The Bertz CT molecular complexity index is 1110. The number of carbonyl (C=O) groups excluding carboxylic acids is 1. The van der Waals surface area contributed by atoms with Gasteiger partial charge in [-0.3, -0.25) is 9.89 Å². The number of H-pyrrole nitrogens is 1. The molecule has 0 bridgehead atoms. The van der Waals surface area contributed by atoms with Crippen molar-refractivity contribution in [3.63, 3.8) is 0 Å². The average Bonchev–Trinajstić information content (AvgIpc) is 3.41. The lowest BCUT2D eigenvalue weighted by atomic mass is 9.98. The molecule has 0 saturated heterocycles. The molecule has 1 heterocycles. The summed E-state index contributed by atoms with van der Waals surface area (Å²) in [6.45, 7) is 0.748. The molecule has 0 radical (unpaired) electrons. The number of anilines is 1. The van der Waals surface area contributed by atoms with Crippen molar-refractivity contribution in [2.75, 3.05) is 25.2 Å². The van der Waals surface area contributed by atoms with Crippen molar-refractivity contribution in [1.29, 1.82) is 0 Å². The normalized spacial score (nSPS) is 18.1. The Kier molecular flexibility index (Phi) is 8.67. The van der Waals surface area contributed by atoms with Gasteiger partial charge in [-0.25, -0.2) is 13.2 Å². The van der Waals surface area contributed by atoms with Crippen LogP contribution in [-0.4, -0.2) is 55.6 Å². The lowest BCUT2D eigenvalue weighted by molar-refractivity contribution is -0.115. The van der Waals surface area contributed by atoms with Crippen molar-refractivity contribution in [2.45, 2.75) is 55.9 Å². The molecular formula is C23H32N4O6S. The van der Waals surface area contributed by atoms with Gasteiger partial charge in [0, 0.05) is 31.9 Å². The first-order valence-corrected chi connectivity index (χ1v) is 13.2. The molecule has 1 aromatic carbocycles. The third-order valence-corrected chi connectivity index (χ3v) is 7.27. The maximum absolute atomic E-state index is 12.6. The SMILES string of the molecule is COCc1ccc(CC(=O)Nc2cc(C3CCC(CCCNC(=O)O)C3)n[nH]2)c(S(C)(=O)=O)c1. The molecular weight excluding hydrogens is 460 g/mol. The minimum Gasteiger partial charge on any atom is -0.465 e. The number of carbonyl (C=O) groups is 2. The van der Waals surface area contributed by atoms with Gasteiger partial charge in [0.15, 0.2) is 9.84 Å². The Labute approximate surface area is 199 Å². The molecule has 186 valence electrons. The first-order valence-electron chi connectivity index (χ1n) is 11.3. The van der Waals surface area contributed by atoms with E-state index in [0.717, 1.165) is 49.6 Å². The van der Waals surface area contributed by atoms with Crippen LogP contribution in [0.3, 0.4) is 0 Å². The summed E-state index contributed by atoms with van der Waals surface area (Å²) >= 11 is 0. The summed E-state index contributed by atoms with van der Waals surface area (Å²) in [5.74, 6) is 0.969. The molecule has 2 atom stereocenters. The maximum atomic E-state index is 12.6. The van der Waals surface area contributed by atoms with Crippen molar-refractivity contribution in [1.82, 2.24) is 15.5 Å². The number of nitrogens with one attached hydrogen (secondary N) is 3. The van der Waals surface area contributed by atoms with E-state index < -0.39 is 15.9 Å². The van der Waals surface area contributed by atoms with Crippen LogP contribution >= 0.6 is 0 Å². The van der Waals surface area contributed by atoms with Crippen LogP contribution < -0.4 is 10.6 Å². The van der Waals surface area contributed by atoms with Crippen molar-refractivity contribution >= 4 is 27.7 Å². The van der Waals surface area contributed by atoms with E-state index in [2.05, 4.69) is 20.8 Å². The molecule has 0 spiro atoms. The molecule has 1 fully saturated rings. The first-order chi connectivity index (χ1) is 16.2. The molecule has 1 aliphatic carbocycles. The second-order valence-corrected chi connectivity index (χ2v) is 10.8. The van der Waals surface area contributed by atoms with E-state index in [1.54, 1.807) is 18.2 Å². The zero-order valence-corrected chi connectivity index (χ0v) is 20.3. The summed E-state index contributed by atoms with van der Waals surface area (Å²) in [4.78, 5) is 23.3. The number of nitrogens with zero attached hydrogens (tertiary/aromatic N) is 1. The zero-order valence-electron chi connectivity index (χ0n) is 19.5. The van der Waals surface area contributed by atoms with Crippen LogP contribution in [0.1, 0.15) is 54.8 Å². The zero-order chi connectivity index (χ0) is 24.7. The highest BCUT2D eigenvalue weighted by Crippen LogP contribution is 2.40. The van der Waals surface area contributed by atoms with Crippen LogP contribution in [0.4, 0.5) is 10.6 Å². The summed E-state index contributed by atoms with van der Waals surface area (Å²) in [6, 6.07) is 6.77. The summed E-state index contributed by atoms with van der Waals surface area (Å²) < 4.78 is 29.5. The first kappa shape index (κ1) is 25.7. The Hall–Kier alpha value is -2.92. The van der Waals surface area contributed by atoms with Gasteiger partial charge in [0.05, 0.1) is 23.6 Å². The predicted octanol–water partition coefficient (Wildman–Crippen LogP) is 3.07. The lowest BCUT2D eigenvalue weighted by Gasteiger charge is -2.10. The fourth-order valence-electron chi connectivity index (χ4n) is 4.52. The van der Waals surface area contributed by atoms with Gasteiger partial charge in [0.1, 0.15) is 5.82 Å². The highest BCUT2D eigenvalue weighted by molar-refractivity contribution is 7.90. The lowest BCUT2D eigenvalue weighted by Crippen LogP contribution is -2.22. The van der Waals surface area contributed by atoms with E-state index in [4.69, 9.17) is 9.84 Å². The Morgan fingerprint density at radius 2 is 2.06 bits per heavy atom. The third-order valence-electron chi connectivity index (χ3n) is 6.09. The number of sulfone groups is 1. The minimum absolute atomic E-state index is 0.0834. The van der Waals surface area contributed by atoms with Gasteiger partial charge in [0.2, 0.25) is 5.91 Å². The van der Waals surface area contributed by atoms with E-state index >= 15 is 0 Å². The van der Waals surface area contributed by atoms with E-state index in [1.807, 2.05) is 6.07 Å². The van der Waals surface area contributed by atoms with Crippen LogP contribution in [0.25, 0.3) is 0 Å². The molecule has 11 heteroatoms. The van der Waals surface area contributed by atoms with Gasteiger partial charge in [-0.2, -0.15) is 5.10 Å². The number of ether oxygens (including phenoxy) is 1. The number of aromatic amines is 1. The van der Waals surface area contributed by atoms with Crippen molar-refractivity contribution < 1.29 is 27.9 Å². The number of amides is 2. The molecule has 4 N–H and O–H groups in total. The van der Waals surface area contributed by atoms with Gasteiger partial charge in [-0.05, 0) is 55.2 Å². The molecule has 3 rings (SSSR count). The fourth-order valence-corrected chi connectivity index (χ4v) is 5.50. The number of hydrogen-bond acceptors (Lipinski definition) is 6. The Morgan fingerprint density at radius 3 is 2.76 bits per heavy atom. The quantitative estimate of drug-likeness (QED) is 0.352. The molecule has 10 nitrogen and oxygen atoms in total. The van der Waals surface area contributed by atoms with Crippen LogP contribution in [0, 0.1) is 5.92 Å². The molecule has 1 saturated carbocycles. The fraction of sp³-hybridized carbons (Fsp3) is 0.522. The summed E-state index contributed by atoms with van der Waals surface area (Å²) in [7, 11) is -1.97. The Morgan fingerprint density at radius 1 is 1.26 bits per heavy atom. The standard InChI is InChI=1S/C23H32N4O6S/c1-33-14-16-6-8-18(20(11-16)34(2,31)32)12-22(28)25-21-13-19(26-27-21)17-7-5-15(10-17)4-3-9-24-23(29)30/h6,8,11,13,15,17,24H,3-5,7,9-10,12,14H2,1-2H3,(H,29,30)(H2,25,26,27,28). The molecule has 1 aromatic heterocycles. The molecule has 2 unspecified atom stereocenters. The molecule has 1 aliphatic rings. The van der Waals surface area contributed by atoms with Crippen LogP contribution in [-0.2, 0) is 32.4 Å². The van der Waals surface area contributed by atoms with Gasteiger partial charge in [0.25, 0.3) is 0 Å². The molecule has 0 aliphatic heterocycles. The number of hydrogen-bond donors (Lipinski definition) is 4. The third kappa shape index (κ3) is 7.29. The Balaban J connectivity index is 1.56. The summed E-state index contributed by atoms with van der Waals surface area (Å²) in [5.41, 5.74) is 2.04. The smallest absolute Gasteiger partial charge is 0.404 e. The molecule has 34 heavy (non-hydrogen) atoms. The summed E-state index contributed by atoms with van der Waals surface area (Å²) in [6.07, 6.45) is 4.88. The van der Waals surface area contributed by atoms with E-state index in [1.165, 1.54) is 7.11 Å². The van der Waals surface area contributed by atoms with Gasteiger partial charge >= 0.3 is 6.09 Å². The van der Waals surface area contributed by atoms with Crippen molar-refractivity contribution in [2.24, 2.45) is 5.92 Å². The topological polar surface area (TPSA) is 150 Å². The molecule has 2 aromatic rings. The largest absolute Gasteiger partial charge is 0.465 e. The van der Waals surface area contributed by atoms with Gasteiger partial charge < -0.3 is 20.5 Å². The number of carboxylic acid groups (broad SMARTS) is 1. The number of benzene rings is 1.